The van der Waals surface area contributed by atoms with Crippen LogP contribution in [0.3, 0.4) is 0 Å². The van der Waals surface area contributed by atoms with E-state index in [9.17, 15) is 27.9 Å². The molecule has 0 radical (unpaired) electrons. The third kappa shape index (κ3) is 3.88. The topological polar surface area (TPSA) is 87.7 Å². The number of ketones is 1. The molecule has 0 bridgehead atoms. The van der Waals surface area contributed by atoms with Crippen molar-refractivity contribution in [2.45, 2.75) is 17.9 Å². The molecule has 2 aromatic carbocycles. The fraction of sp³-hybridized carbons (Fsp3) is 0.263. The number of hydrogen-bond donors (Lipinski definition) is 3. The number of carbonyl (C=O) groups is 2. The Morgan fingerprint density at radius 1 is 1.17 bits per heavy atom. The van der Waals surface area contributed by atoms with Crippen LogP contribution in [0.5, 0.6) is 5.75 Å². The maximum absolute atomic E-state index is 13.5. The van der Waals surface area contributed by atoms with Gasteiger partial charge in [0.15, 0.2) is 5.72 Å². The van der Waals surface area contributed by atoms with Gasteiger partial charge in [0.25, 0.3) is 0 Å². The largest absolute Gasteiger partial charge is 0.496 e. The Morgan fingerprint density at radius 2 is 1.79 bits per heavy atom. The Balaban J connectivity index is 2.22. The minimum Gasteiger partial charge on any atom is -0.496 e. The summed E-state index contributed by atoms with van der Waals surface area (Å²) in [7, 11) is 1.30. The summed E-state index contributed by atoms with van der Waals surface area (Å²) in [6.45, 7) is 0. The second-order valence-electron chi connectivity index (χ2n) is 6.43. The Morgan fingerprint density at radius 3 is 2.38 bits per heavy atom. The lowest BCUT2D eigenvalue weighted by Crippen LogP contribution is -2.66. The number of halogens is 4. The maximum atomic E-state index is 13.5. The molecule has 3 rings (SSSR count). The van der Waals surface area contributed by atoms with Crippen molar-refractivity contribution in [2.24, 2.45) is 5.92 Å². The van der Waals surface area contributed by atoms with E-state index in [1.807, 2.05) is 0 Å². The van der Waals surface area contributed by atoms with Crippen molar-refractivity contribution >= 4 is 23.4 Å². The van der Waals surface area contributed by atoms with Crippen molar-refractivity contribution in [3.05, 3.63) is 64.7 Å². The molecular weight excluding hydrogens is 413 g/mol. The summed E-state index contributed by atoms with van der Waals surface area (Å²) in [5.41, 5.74) is -2.66. The first-order valence-corrected chi connectivity index (χ1v) is 8.76. The first-order valence-electron chi connectivity index (χ1n) is 8.39. The molecule has 29 heavy (non-hydrogen) atoms. The summed E-state index contributed by atoms with van der Waals surface area (Å²) in [5, 5.41) is 15.9. The zero-order valence-electron chi connectivity index (χ0n) is 15.0. The lowest BCUT2D eigenvalue weighted by atomic mass is 9.76. The lowest BCUT2D eigenvalue weighted by molar-refractivity contribution is -0.190. The Kier molecular flexibility index (Phi) is 5.46. The van der Waals surface area contributed by atoms with E-state index in [4.69, 9.17) is 16.3 Å². The van der Waals surface area contributed by atoms with Crippen LogP contribution in [0.4, 0.5) is 18.0 Å². The number of urea groups is 1. The highest BCUT2D eigenvalue weighted by Crippen LogP contribution is 2.44. The van der Waals surface area contributed by atoms with Gasteiger partial charge in [-0.05, 0) is 18.2 Å². The van der Waals surface area contributed by atoms with Gasteiger partial charge >= 0.3 is 12.2 Å². The third-order valence-corrected chi connectivity index (χ3v) is 4.95. The highest BCUT2D eigenvalue weighted by atomic mass is 35.5. The molecule has 1 aliphatic heterocycles. The van der Waals surface area contributed by atoms with Crippen molar-refractivity contribution in [3.8, 4) is 5.75 Å². The maximum Gasteiger partial charge on any atom is 0.450 e. The molecule has 10 heteroatoms. The minimum atomic E-state index is -5.27. The van der Waals surface area contributed by atoms with E-state index in [1.54, 1.807) is 6.07 Å². The number of rotatable bonds is 4. The van der Waals surface area contributed by atoms with Crippen molar-refractivity contribution in [2.75, 3.05) is 7.11 Å². The van der Waals surface area contributed by atoms with Crippen LogP contribution >= 0.6 is 11.6 Å². The second-order valence-corrected chi connectivity index (χ2v) is 6.87. The van der Waals surface area contributed by atoms with E-state index >= 15 is 0 Å². The quantitative estimate of drug-likeness (QED) is 0.697. The highest BCUT2D eigenvalue weighted by molar-refractivity contribution is 6.30. The molecule has 0 aliphatic carbocycles. The molecule has 1 heterocycles. The molecule has 1 fully saturated rings. The Hall–Kier alpha value is -2.78. The number of aliphatic hydroxyl groups is 1. The summed E-state index contributed by atoms with van der Waals surface area (Å²) in [6.07, 6.45) is -5.27. The summed E-state index contributed by atoms with van der Waals surface area (Å²) in [5.74, 6) is -4.20. The predicted molar refractivity (Wildman–Crippen MR) is 97.3 cm³/mol. The second kappa shape index (κ2) is 7.57. The first kappa shape index (κ1) is 20.9. The highest BCUT2D eigenvalue weighted by Gasteiger charge is 2.59. The van der Waals surface area contributed by atoms with Crippen LogP contribution in [0.15, 0.2) is 48.5 Å². The summed E-state index contributed by atoms with van der Waals surface area (Å²) < 4.78 is 45.6. The summed E-state index contributed by atoms with van der Waals surface area (Å²) >= 11 is 5.82. The number of carbonyl (C=O) groups excluding carboxylic acids is 2. The zero-order valence-corrected chi connectivity index (χ0v) is 15.7. The molecule has 0 aromatic heterocycles. The summed E-state index contributed by atoms with van der Waals surface area (Å²) in [6, 6.07) is 8.65. The van der Waals surface area contributed by atoms with E-state index in [1.165, 1.54) is 49.6 Å². The van der Waals surface area contributed by atoms with Crippen molar-refractivity contribution in [1.82, 2.24) is 10.6 Å². The van der Waals surface area contributed by atoms with Gasteiger partial charge in [-0.3, -0.25) is 4.79 Å². The van der Waals surface area contributed by atoms with Gasteiger partial charge in [0, 0.05) is 16.1 Å². The van der Waals surface area contributed by atoms with Gasteiger partial charge in [0.1, 0.15) is 11.7 Å². The number of alkyl halides is 3. The molecule has 0 saturated carbocycles. The number of para-hydroxylation sites is 1. The molecule has 154 valence electrons. The van der Waals surface area contributed by atoms with Crippen LogP contribution < -0.4 is 15.4 Å². The van der Waals surface area contributed by atoms with Crippen LogP contribution in [-0.2, 0) is 10.5 Å². The smallest absolute Gasteiger partial charge is 0.450 e. The van der Waals surface area contributed by atoms with Crippen LogP contribution in [0, 0.1) is 5.92 Å². The molecule has 1 aliphatic rings. The zero-order chi connectivity index (χ0) is 21.4. The molecule has 2 aromatic rings. The van der Waals surface area contributed by atoms with E-state index < -0.39 is 35.7 Å². The monoisotopic (exact) mass is 428 g/mol. The predicted octanol–water partition coefficient (Wildman–Crippen LogP) is 3.30. The summed E-state index contributed by atoms with van der Waals surface area (Å²) in [4.78, 5) is 24.7. The molecule has 6 nitrogen and oxygen atoms in total. The average molecular weight is 429 g/mol. The van der Waals surface area contributed by atoms with E-state index in [0.717, 1.165) is 0 Å². The molecular formula is C19H16ClF3N2O4. The number of methoxy groups -OCH3 is 1. The fourth-order valence-electron chi connectivity index (χ4n) is 3.41. The molecule has 1 saturated heterocycles. The van der Waals surface area contributed by atoms with Crippen LogP contribution in [-0.4, -0.2) is 30.2 Å². The van der Waals surface area contributed by atoms with Gasteiger partial charge in [0.2, 0.25) is 5.78 Å². The van der Waals surface area contributed by atoms with Gasteiger partial charge < -0.3 is 20.5 Å². The van der Waals surface area contributed by atoms with Gasteiger partial charge in [-0.2, -0.15) is 13.2 Å². The van der Waals surface area contributed by atoms with Gasteiger partial charge in [0.05, 0.1) is 13.2 Å². The van der Waals surface area contributed by atoms with Crippen molar-refractivity contribution in [1.29, 1.82) is 0 Å². The fourth-order valence-corrected chi connectivity index (χ4v) is 3.53. The molecule has 0 spiro atoms. The van der Waals surface area contributed by atoms with Gasteiger partial charge in [-0.15, -0.1) is 0 Å². The van der Waals surface area contributed by atoms with E-state index in [0.29, 0.717) is 0 Å². The number of nitrogens with one attached hydrogen (secondary N) is 2. The minimum absolute atomic E-state index is 0.111. The normalized spacial score (nSPS) is 24.4. The first-order chi connectivity index (χ1) is 13.6. The van der Waals surface area contributed by atoms with Crippen LogP contribution in [0.1, 0.15) is 17.2 Å². The van der Waals surface area contributed by atoms with Crippen LogP contribution in [0.2, 0.25) is 5.02 Å². The molecule has 3 atom stereocenters. The van der Waals surface area contributed by atoms with E-state index in [-0.39, 0.29) is 21.9 Å². The van der Waals surface area contributed by atoms with Crippen molar-refractivity contribution < 1.29 is 32.6 Å². The standard InChI is InChI=1S/C19H16ClF3N2O4/c1-29-13-5-3-2-4-12(13)15-14(16(26)19(21,22)23)18(28,25-17(27)24-15)10-6-8-11(20)9-7-10/h2-9,14-15,28H,1H3,(H2,24,25,27)/t14-,15-,18-/m0/s1. The number of Topliss-reactive ketones (excluding diaryl/α,β-unsaturated/α-hetero) is 1. The molecule has 3 N–H and O–H groups in total. The number of benzene rings is 2. The number of hydrogen-bond acceptors (Lipinski definition) is 4. The number of ether oxygens (including phenoxy) is 1. The Bertz CT molecular complexity index is 936. The molecule has 2 amide bonds. The Labute approximate surface area is 168 Å². The molecule has 0 unspecified atom stereocenters. The SMILES string of the molecule is COc1ccccc1[C@@H]1NC(=O)N[C@](O)(c2ccc(Cl)cc2)[C@@H]1C(=O)C(F)(F)F. The number of amides is 2. The van der Waals surface area contributed by atoms with Crippen molar-refractivity contribution in [3.63, 3.8) is 0 Å². The van der Waals surface area contributed by atoms with Gasteiger partial charge in [-0.1, -0.05) is 41.9 Å². The third-order valence-electron chi connectivity index (χ3n) is 4.69. The van der Waals surface area contributed by atoms with Crippen LogP contribution in [0.25, 0.3) is 0 Å². The average Bonchev–Trinajstić information content (AvgIpc) is 2.66. The van der Waals surface area contributed by atoms with E-state index in [2.05, 4.69) is 10.6 Å². The van der Waals surface area contributed by atoms with Gasteiger partial charge in [-0.25, -0.2) is 4.79 Å². The lowest BCUT2D eigenvalue weighted by Gasteiger charge is -2.45.